The Labute approximate surface area is 174 Å². The summed E-state index contributed by atoms with van der Waals surface area (Å²) in [6.07, 6.45) is 12.9. The van der Waals surface area contributed by atoms with Gasteiger partial charge in [0.05, 0.1) is 33.5 Å². The van der Waals surface area contributed by atoms with E-state index in [1.54, 1.807) is 13.3 Å². The summed E-state index contributed by atoms with van der Waals surface area (Å²) in [7, 11) is 1.67. The molecule has 0 saturated heterocycles. The molecule has 0 rings (SSSR count). The Bertz CT molecular complexity index is 345. The van der Waals surface area contributed by atoms with Crippen molar-refractivity contribution in [2.45, 2.75) is 52.9 Å². The van der Waals surface area contributed by atoms with Gasteiger partial charge in [-0.2, -0.15) is 0 Å². The Morgan fingerprint density at radius 3 is 1.86 bits per heavy atom. The van der Waals surface area contributed by atoms with Gasteiger partial charge in [-0.15, -0.1) is 13.2 Å². The second-order valence-electron chi connectivity index (χ2n) is 5.41. The van der Waals surface area contributed by atoms with Crippen molar-refractivity contribution in [1.82, 2.24) is 10.6 Å². The highest BCUT2D eigenvalue weighted by Gasteiger charge is 1.94. The molecule has 2 N–H and O–H groups in total. The number of rotatable bonds is 18. The van der Waals surface area contributed by atoms with Gasteiger partial charge in [0.25, 0.3) is 0 Å². The number of nitrogens with one attached hydrogen (secondary N) is 2. The summed E-state index contributed by atoms with van der Waals surface area (Å²) in [5, 5.41) is 6.12. The highest BCUT2D eigenvalue weighted by molar-refractivity contribution is 4.92. The third-order valence-electron chi connectivity index (χ3n) is 3.18. The van der Waals surface area contributed by atoms with E-state index in [1.165, 1.54) is 19.3 Å². The van der Waals surface area contributed by atoms with Gasteiger partial charge in [0.2, 0.25) is 0 Å². The van der Waals surface area contributed by atoms with E-state index in [4.69, 9.17) is 14.2 Å². The summed E-state index contributed by atoms with van der Waals surface area (Å²) in [6, 6.07) is 0. The van der Waals surface area contributed by atoms with Crippen molar-refractivity contribution in [1.29, 1.82) is 0 Å². The van der Waals surface area contributed by atoms with E-state index in [9.17, 15) is 0 Å². The summed E-state index contributed by atoms with van der Waals surface area (Å²) in [5.74, 6) is 0.919. The fraction of sp³-hybridized carbons (Fsp3) is 0.652. The number of methoxy groups -OCH3 is 1. The fourth-order valence-corrected chi connectivity index (χ4v) is 1.70. The Kier molecular flexibility index (Phi) is 36.4. The fourth-order valence-electron chi connectivity index (χ4n) is 1.70. The molecule has 0 aromatic rings. The molecule has 0 amide bonds. The summed E-state index contributed by atoms with van der Waals surface area (Å²) < 4.78 is 16.0. The van der Waals surface area contributed by atoms with Crippen LogP contribution in [0, 0.1) is 0 Å². The first-order chi connectivity index (χ1) is 13.8. The Hall–Kier alpha value is -1.72. The zero-order valence-corrected chi connectivity index (χ0v) is 18.9. The highest BCUT2D eigenvalue weighted by Crippen LogP contribution is 2.04. The van der Waals surface area contributed by atoms with Crippen LogP contribution in [-0.2, 0) is 14.2 Å². The maximum atomic E-state index is 5.42. The molecule has 0 radical (unpaired) electrons. The zero-order valence-electron chi connectivity index (χ0n) is 18.9. The quantitative estimate of drug-likeness (QED) is 0.189. The Morgan fingerprint density at radius 1 is 0.857 bits per heavy atom. The molecule has 0 aliphatic carbocycles. The number of hydrogen-bond acceptors (Lipinski definition) is 5. The van der Waals surface area contributed by atoms with Crippen LogP contribution in [0.2, 0.25) is 0 Å². The normalized spacial score (nSPS) is 9.79. The van der Waals surface area contributed by atoms with Crippen LogP contribution in [0.3, 0.4) is 0 Å². The van der Waals surface area contributed by atoms with Gasteiger partial charge in [-0.25, -0.2) is 0 Å². The zero-order chi connectivity index (χ0) is 21.7. The van der Waals surface area contributed by atoms with Crippen molar-refractivity contribution in [2.75, 3.05) is 46.6 Å². The van der Waals surface area contributed by atoms with Crippen molar-refractivity contribution in [2.24, 2.45) is 0 Å². The first-order valence-electron chi connectivity index (χ1n) is 10.4. The molecular weight excluding hydrogens is 352 g/mol. The van der Waals surface area contributed by atoms with Gasteiger partial charge in [-0.1, -0.05) is 52.3 Å². The summed E-state index contributed by atoms with van der Waals surface area (Å²) in [6.45, 7) is 21.1. The van der Waals surface area contributed by atoms with Gasteiger partial charge in [0.1, 0.15) is 5.76 Å². The van der Waals surface area contributed by atoms with Crippen molar-refractivity contribution >= 4 is 0 Å². The van der Waals surface area contributed by atoms with Crippen LogP contribution in [0.15, 0.2) is 50.0 Å². The lowest BCUT2D eigenvalue weighted by Crippen LogP contribution is -2.18. The molecule has 166 valence electrons. The highest BCUT2D eigenvalue weighted by atomic mass is 16.5. The Morgan fingerprint density at radius 2 is 1.43 bits per heavy atom. The van der Waals surface area contributed by atoms with Crippen LogP contribution in [0.5, 0.6) is 0 Å². The summed E-state index contributed by atoms with van der Waals surface area (Å²) >= 11 is 0. The first-order valence-corrected chi connectivity index (χ1v) is 10.4. The maximum Gasteiger partial charge on any atom is 0.111 e. The second kappa shape index (κ2) is 32.9. The molecule has 0 bridgehead atoms. The molecule has 5 heteroatoms. The standard InChI is InChI=1S/C15H28N2O3.C6H12.C2H6/c1-4-6-7-15(18-3)14-17-9-11-20-13-12-19-10-8-16-5-2;1-3-5-6-4-2;1-2/h4-5,14,16-17H,1-2,6-13H2,3H3;3H,1,4-6H2,2H3;1-2H3/b15-14-;;. The van der Waals surface area contributed by atoms with Gasteiger partial charge in [0, 0.05) is 25.7 Å². The monoisotopic (exact) mass is 398 g/mol. The minimum absolute atomic E-state index is 0.604. The molecule has 0 saturated carbocycles. The first kappa shape index (κ1) is 31.0. The van der Waals surface area contributed by atoms with Crippen molar-refractivity contribution < 1.29 is 14.2 Å². The number of unbranched alkanes of at least 4 members (excludes halogenated alkanes) is 2. The molecule has 0 atom stereocenters. The summed E-state index contributed by atoms with van der Waals surface area (Å²) in [5.41, 5.74) is 0. The lowest BCUT2D eigenvalue weighted by atomic mass is 10.3. The SMILES string of the molecule is C=CCC/C(=C/NCCOCCOCCNC=C)OC.C=CCCCC.CC. The Balaban J connectivity index is -0.000000660. The van der Waals surface area contributed by atoms with Crippen LogP contribution >= 0.6 is 0 Å². The molecule has 0 unspecified atom stereocenters. The van der Waals surface area contributed by atoms with Gasteiger partial charge in [-0.3, -0.25) is 0 Å². The molecule has 0 aliphatic rings. The number of allylic oxidation sites excluding steroid dienone is 3. The molecule has 0 aromatic carbocycles. The van der Waals surface area contributed by atoms with Crippen molar-refractivity contribution in [3.63, 3.8) is 0 Å². The van der Waals surface area contributed by atoms with Gasteiger partial charge >= 0.3 is 0 Å². The van der Waals surface area contributed by atoms with Crippen LogP contribution in [0.1, 0.15) is 52.9 Å². The average Bonchev–Trinajstić information content (AvgIpc) is 2.74. The minimum atomic E-state index is 0.604. The van der Waals surface area contributed by atoms with Crippen LogP contribution in [-0.4, -0.2) is 46.6 Å². The summed E-state index contributed by atoms with van der Waals surface area (Å²) in [4.78, 5) is 0. The third kappa shape index (κ3) is 32.0. The molecule has 0 heterocycles. The molecule has 0 aliphatic heterocycles. The number of hydrogen-bond donors (Lipinski definition) is 2. The molecule has 5 nitrogen and oxygen atoms in total. The van der Waals surface area contributed by atoms with Crippen molar-refractivity contribution in [3.05, 3.63) is 50.0 Å². The smallest absolute Gasteiger partial charge is 0.111 e. The average molecular weight is 399 g/mol. The lowest BCUT2D eigenvalue weighted by Gasteiger charge is -2.08. The minimum Gasteiger partial charge on any atom is -0.500 e. The van der Waals surface area contributed by atoms with Crippen LogP contribution < -0.4 is 10.6 Å². The van der Waals surface area contributed by atoms with E-state index in [0.29, 0.717) is 26.4 Å². The van der Waals surface area contributed by atoms with E-state index in [-0.39, 0.29) is 0 Å². The molecule has 28 heavy (non-hydrogen) atoms. The predicted octanol–water partition coefficient (Wildman–Crippen LogP) is 5.19. The molecule has 0 fully saturated rings. The second-order valence-corrected chi connectivity index (χ2v) is 5.41. The topological polar surface area (TPSA) is 51.8 Å². The lowest BCUT2D eigenvalue weighted by molar-refractivity contribution is 0.0513. The predicted molar refractivity (Wildman–Crippen MR) is 123 cm³/mol. The third-order valence-corrected chi connectivity index (χ3v) is 3.18. The molecule has 0 aromatic heterocycles. The van der Waals surface area contributed by atoms with Crippen molar-refractivity contribution in [3.8, 4) is 0 Å². The number of ether oxygens (including phenoxy) is 3. The maximum absolute atomic E-state index is 5.42. The van der Waals surface area contributed by atoms with Crippen LogP contribution in [0.25, 0.3) is 0 Å². The van der Waals surface area contributed by atoms with Crippen LogP contribution in [0.4, 0.5) is 0 Å². The molecule has 0 spiro atoms. The van der Waals surface area contributed by atoms with E-state index in [1.807, 2.05) is 32.2 Å². The largest absolute Gasteiger partial charge is 0.500 e. The van der Waals surface area contributed by atoms with Gasteiger partial charge in [0.15, 0.2) is 0 Å². The van der Waals surface area contributed by atoms with E-state index < -0.39 is 0 Å². The van der Waals surface area contributed by atoms with Gasteiger partial charge < -0.3 is 24.8 Å². The van der Waals surface area contributed by atoms with E-state index in [0.717, 1.165) is 31.7 Å². The van der Waals surface area contributed by atoms with E-state index in [2.05, 4.69) is 37.3 Å². The van der Waals surface area contributed by atoms with Gasteiger partial charge in [-0.05, 0) is 19.0 Å². The molecular formula is C23H46N2O3. The van der Waals surface area contributed by atoms with E-state index >= 15 is 0 Å².